The van der Waals surface area contributed by atoms with Crippen molar-refractivity contribution >= 4 is 5.91 Å². The fourth-order valence-corrected chi connectivity index (χ4v) is 2.50. The molecular formula is C16H22N2O. The summed E-state index contributed by atoms with van der Waals surface area (Å²) in [4.78, 5) is 12.1. The lowest BCUT2D eigenvalue weighted by molar-refractivity contribution is -0.124. The molecule has 2 saturated carbocycles. The van der Waals surface area contributed by atoms with Crippen LogP contribution in [-0.2, 0) is 11.2 Å². The summed E-state index contributed by atoms with van der Waals surface area (Å²) in [6, 6.07) is 9.08. The lowest BCUT2D eigenvalue weighted by Crippen LogP contribution is -2.37. The molecule has 1 aromatic carbocycles. The van der Waals surface area contributed by atoms with Crippen LogP contribution in [0.4, 0.5) is 0 Å². The Balaban J connectivity index is 1.63. The first-order valence-corrected chi connectivity index (χ1v) is 7.35. The van der Waals surface area contributed by atoms with E-state index in [-0.39, 0.29) is 11.8 Å². The Hall–Kier alpha value is -1.35. The number of amides is 1. The van der Waals surface area contributed by atoms with Crippen LogP contribution < -0.4 is 11.1 Å². The van der Waals surface area contributed by atoms with Crippen LogP contribution >= 0.6 is 0 Å². The summed E-state index contributed by atoms with van der Waals surface area (Å²) in [5, 5.41) is 3.06. The van der Waals surface area contributed by atoms with Gasteiger partial charge in [-0.25, -0.2) is 0 Å². The highest BCUT2D eigenvalue weighted by atomic mass is 16.2. The van der Waals surface area contributed by atoms with Gasteiger partial charge in [0.2, 0.25) is 5.91 Å². The first-order chi connectivity index (χ1) is 9.26. The largest absolute Gasteiger partial charge is 0.353 e. The van der Waals surface area contributed by atoms with E-state index in [0.29, 0.717) is 12.6 Å². The molecule has 0 aliphatic heterocycles. The predicted octanol–water partition coefficient (Wildman–Crippen LogP) is 1.96. The quantitative estimate of drug-likeness (QED) is 0.819. The van der Waals surface area contributed by atoms with Crippen LogP contribution in [0, 0.1) is 5.92 Å². The lowest BCUT2D eigenvalue weighted by Gasteiger charge is -2.15. The molecule has 2 aliphatic carbocycles. The van der Waals surface area contributed by atoms with Crippen molar-refractivity contribution in [3.8, 4) is 0 Å². The van der Waals surface area contributed by atoms with Crippen molar-refractivity contribution in [3.05, 3.63) is 35.4 Å². The summed E-state index contributed by atoms with van der Waals surface area (Å²) in [7, 11) is 0. The number of benzene rings is 1. The van der Waals surface area contributed by atoms with Gasteiger partial charge in [0.15, 0.2) is 0 Å². The molecule has 19 heavy (non-hydrogen) atoms. The average Bonchev–Trinajstić information content (AvgIpc) is 3.27. The van der Waals surface area contributed by atoms with Crippen LogP contribution in [0.5, 0.6) is 0 Å². The average molecular weight is 258 g/mol. The van der Waals surface area contributed by atoms with Crippen molar-refractivity contribution in [1.82, 2.24) is 5.32 Å². The number of rotatable bonds is 6. The summed E-state index contributed by atoms with van der Waals surface area (Å²) < 4.78 is 0. The van der Waals surface area contributed by atoms with E-state index in [1.165, 1.54) is 24.0 Å². The number of carbonyl (C=O) groups is 1. The van der Waals surface area contributed by atoms with E-state index >= 15 is 0 Å². The van der Waals surface area contributed by atoms with Gasteiger partial charge in [0.1, 0.15) is 0 Å². The van der Waals surface area contributed by atoms with Crippen molar-refractivity contribution in [1.29, 1.82) is 0 Å². The van der Waals surface area contributed by atoms with E-state index in [4.69, 9.17) is 5.73 Å². The molecule has 3 rings (SSSR count). The molecule has 1 atom stereocenters. The van der Waals surface area contributed by atoms with Gasteiger partial charge in [0.05, 0.1) is 5.92 Å². The fraction of sp³-hybridized carbons (Fsp3) is 0.562. The van der Waals surface area contributed by atoms with Crippen LogP contribution in [0.15, 0.2) is 24.3 Å². The van der Waals surface area contributed by atoms with Gasteiger partial charge < -0.3 is 11.1 Å². The van der Waals surface area contributed by atoms with Gasteiger partial charge in [0, 0.05) is 12.6 Å². The van der Waals surface area contributed by atoms with Gasteiger partial charge in [-0.3, -0.25) is 4.79 Å². The van der Waals surface area contributed by atoms with E-state index in [1.54, 1.807) is 0 Å². The van der Waals surface area contributed by atoms with Gasteiger partial charge >= 0.3 is 0 Å². The lowest BCUT2D eigenvalue weighted by atomic mass is 9.96. The number of hydrogen-bond donors (Lipinski definition) is 2. The Morgan fingerprint density at radius 1 is 1.32 bits per heavy atom. The zero-order valence-electron chi connectivity index (χ0n) is 11.3. The third-order valence-electron chi connectivity index (χ3n) is 4.06. The van der Waals surface area contributed by atoms with Crippen LogP contribution in [0.3, 0.4) is 0 Å². The second-order valence-electron chi connectivity index (χ2n) is 5.94. The third kappa shape index (κ3) is 3.35. The van der Waals surface area contributed by atoms with Crippen LogP contribution in [0.2, 0.25) is 0 Å². The van der Waals surface area contributed by atoms with Gasteiger partial charge in [-0.15, -0.1) is 0 Å². The molecule has 1 aromatic rings. The Morgan fingerprint density at radius 2 is 2.11 bits per heavy atom. The predicted molar refractivity (Wildman–Crippen MR) is 75.8 cm³/mol. The van der Waals surface area contributed by atoms with Crippen LogP contribution in [-0.4, -0.2) is 18.5 Å². The monoisotopic (exact) mass is 258 g/mol. The molecule has 3 N–H and O–H groups in total. The minimum absolute atomic E-state index is 0.0879. The molecule has 0 saturated heterocycles. The number of nitrogens with two attached hydrogens (primary N) is 1. The maximum atomic E-state index is 12.1. The Kier molecular flexibility index (Phi) is 3.56. The fourth-order valence-electron chi connectivity index (χ4n) is 2.50. The van der Waals surface area contributed by atoms with Crippen LogP contribution in [0.1, 0.15) is 42.7 Å². The molecule has 1 unspecified atom stereocenters. The molecule has 0 spiro atoms. The topological polar surface area (TPSA) is 55.1 Å². The minimum atomic E-state index is -0.0879. The Bertz CT molecular complexity index is 464. The second kappa shape index (κ2) is 5.33. The van der Waals surface area contributed by atoms with E-state index in [9.17, 15) is 4.79 Å². The van der Waals surface area contributed by atoms with E-state index in [2.05, 4.69) is 29.6 Å². The summed E-state index contributed by atoms with van der Waals surface area (Å²) in [6.07, 6.45) is 5.63. The van der Waals surface area contributed by atoms with Gasteiger partial charge in [0.25, 0.3) is 0 Å². The Morgan fingerprint density at radius 3 is 2.74 bits per heavy atom. The smallest absolute Gasteiger partial charge is 0.224 e. The summed E-state index contributed by atoms with van der Waals surface area (Å²) in [6.45, 7) is 0.423. The summed E-state index contributed by atoms with van der Waals surface area (Å²) in [5.74, 6) is 0.799. The molecule has 2 aliphatic rings. The van der Waals surface area contributed by atoms with Gasteiger partial charge in [-0.2, -0.15) is 0 Å². The third-order valence-corrected chi connectivity index (χ3v) is 4.06. The minimum Gasteiger partial charge on any atom is -0.353 e. The molecule has 0 aromatic heterocycles. The van der Waals surface area contributed by atoms with E-state index < -0.39 is 0 Å². The van der Waals surface area contributed by atoms with Crippen LogP contribution in [0.25, 0.3) is 0 Å². The first-order valence-electron chi connectivity index (χ1n) is 7.35. The highest BCUT2D eigenvalue weighted by molar-refractivity contribution is 5.79. The molecule has 0 radical (unpaired) electrons. The van der Waals surface area contributed by atoms with Crippen molar-refractivity contribution in [2.45, 2.75) is 44.1 Å². The number of hydrogen-bond acceptors (Lipinski definition) is 2. The maximum Gasteiger partial charge on any atom is 0.224 e. The van der Waals surface area contributed by atoms with Crippen molar-refractivity contribution in [2.24, 2.45) is 11.7 Å². The molecule has 102 valence electrons. The summed E-state index contributed by atoms with van der Waals surface area (Å²) >= 11 is 0. The van der Waals surface area contributed by atoms with Crippen molar-refractivity contribution in [2.75, 3.05) is 6.54 Å². The van der Waals surface area contributed by atoms with Gasteiger partial charge in [-0.1, -0.05) is 24.3 Å². The molecule has 2 fully saturated rings. The maximum absolute atomic E-state index is 12.1. The van der Waals surface area contributed by atoms with E-state index in [0.717, 1.165) is 25.2 Å². The first kappa shape index (κ1) is 12.7. The highest BCUT2D eigenvalue weighted by Gasteiger charge is 2.27. The highest BCUT2D eigenvalue weighted by Crippen LogP contribution is 2.40. The normalized spacial score (nSPS) is 20.1. The molecule has 0 bridgehead atoms. The zero-order valence-corrected chi connectivity index (χ0v) is 11.3. The van der Waals surface area contributed by atoms with Crippen molar-refractivity contribution < 1.29 is 4.79 Å². The van der Waals surface area contributed by atoms with E-state index in [1.807, 2.05) is 0 Å². The molecule has 3 nitrogen and oxygen atoms in total. The number of nitrogens with one attached hydrogen (secondary N) is 1. The number of carbonyl (C=O) groups excluding carboxylic acids is 1. The zero-order chi connectivity index (χ0) is 13.2. The SMILES string of the molecule is NCC(Cc1cccc(C2CC2)c1)C(=O)NC1CC1. The standard InChI is InChI=1S/C16H22N2O/c17-10-14(16(19)18-15-6-7-15)9-11-2-1-3-13(8-11)12-4-5-12/h1-3,8,12,14-15H,4-7,9-10,17H2,(H,18,19). The van der Waals surface area contributed by atoms with Gasteiger partial charge in [-0.05, 0) is 49.1 Å². The second-order valence-corrected chi connectivity index (χ2v) is 5.94. The molecule has 3 heteroatoms. The van der Waals surface area contributed by atoms with Crippen molar-refractivity contribution in [3.63, 3.8) is 0 Å². The molecule has 0 heterocycles. The molecular weight excluding hydrogens is 236 g/mol. The molecule has 1 amide bonds. The Labute approximate surface area is 114 Å². The summed E-state index contributed by atoms with van der Waals surface area (Å²) in [5.41, 5.74) is 8.44.